The highest BCUT2D eigenvalue weighted by Gasteiger charge is 2.01. The van der Waals surface area contributed by atoms with Crippen LogP contribution in [-0.4, -0.2) is 21.5 Å². The molecule has 0 amide bonds. The van der Waals surface area contributed by atoms with Gasteiger partial charge in [-0.15, -0.1) is 0 Å². The molecule has 0 fully saturated rings. The molecular weight excluding hydrogens is 188 g/mol. The van der Waals surface area contributed by atoms with Gasteiger partial charge in [-0.05, 0) is 18.2 Å². The van der Waals surface area contributed by atoms with Crippen molar-refractivity contribution in [3.63, 3.8) is 0 Å². The molecule has 0 aliphatic rings. The summed E-state index contributed by atoms with van der Waals surface area (Å²) in [6.45, 7) is 0.616. The minimum absolute atomic E-state index is 0.0966. The number of aliphatic hydroxyl groups is 1. The zero-order valence-corrected chi connectivity index (χ0v) is 7.70. The number of nitrogens with zero attached hydrogens (tertiary/aromatic N) is 2. The maximum Gasteiger partial charge on any atom is 0.0684 e. The predicted molar refractivity (Wildman–Crippen MR) is 51.8 cm³/mol. The monoisotopic (exact) mass is 196 g/mol. The molecule has 1 aromatic carbocycles. The molecule has 1 heterocycles. The van der Waals surface area contributed by atoms with Crippen molar-refractivity contribution in [2.45, 2.75) is 6.54 Å². The van der Waals surface area contributed by atoms with E-state index in [1.807, 2.05) is 18.2 Å². The molecule has 68 valence electrons. The average molecular weight is 197 g/mol. The van der Waals surface area contributed by atoms with Crippen LogP contribution < -0.4 is 0 Å². The van der Waals surface area contributed by atoms with Crippen LogP contribution in [0, 0.1) is 0 Å². The molecule has 2 aromatic rings. The summed E-state index contributed by atoms with van der Waals surface area (Å²) in [6.07, 6.45) is 1.75. The SMILES string of the molecule is OCCn1ncc2cc(Cl)ccc21. The first-order valence-corrected chi connectivity index (χ1v) is 4.41. The number of fused-ring (bicyclic) bond motifs is 1. The predicted octanol–water partition coefficient (Wildman–Crippen LogP) is 1.68. The first kappa shape index (κ1) is 8.53. The summed E-state index contributed by atoms with van der Waals surface area (Å²) in [7, 11) is 0. The van der Waals surface area contributed by atoms with E-state index in [0.717, 1.165) is 10.9 Å². The van der Waals surface area contributed by atoms with Gasteiger partial charge in [-0.1, -0.05) is 11.6 Å². The van der Waals surface area contributed by atoms with Crippen LogP contribution in [0.3, 0.4) is 0 Å². The number of halogens is 1. The third-order valence-corrected chi connectivity index (χ3v) is 2.15. The number of aliphatic hydroxyl groups excluding tert-OH is 1. The van der Waals surface area contributed by atoms with Crippen molar-refractivity contribution in [1.29, 1.82) is 0 Å². The van der Waals surface area contributed by atoms with Crippen molar-refractivity contribution < 1.29 is 5.11 Å². The molecule has 3 nitrogen and oxygen atoms in total. The average Bonchev–Trinajstić information content (AvgIpc) is 2.49. The Morgan fingerprint density at radius 2 is 2.31 bits per heavy atom. The molecule has 0 unspecified atom stereocenters. The van der Waals surface area contributed by atoms with Crippen LogP contribution >= 0.6 is 11.6 Å². The van der Waals surface area contributed by atoms with Crippen LogP contribution in [-0.2, 0) is 6.54 Å². The Bertz CT molecular complexity index is 424. The highest BCUT2D eigenvalue weighted by molar-refractivity contribution is 6.31. The van der Waals surface area contributed by atoms with Crippen molar-refractivity contribution in [2.75, 3.05) is 6.61 Å². The molecule has 0 radical (unpaired) electrons. The van der Waals surface area contributed by atoms with E-state index in [0.29, 0.717) is 11.6 Å². The summed E-state index contributed by atoms with van der Waals surface area (Å²) in [5.41, 5.74) is 0.999. The number of hydrogen-bond acceptors (Lipinski definition) is 2. The van der Waals surface area contributed by atoms with Crippen LogP contribution in [0.2, 0.25) is 5.02 Å². The summed E-state index contributed by atoms with van der Waals surface area (Å²) in [5, 5.41) is 14.6. The Labute approximate surface area is 80.5 Å². The molecule has 1 N–H and O–H groups in total. The fourth-order valence-electron chi connectivity index (χ4n) is 1.33. The topological polar surface area (TPSA) is 38.0 Å². The second-order valence-corrected chi connectivity index (χ2v) is 3.23. The largest absolute Gasteiger partial charge is 0.394 e. The Morgan fingerprint density at radius 1 is 1.46 bits per heavy atom. The molecule has 0 spiro atoms. The highest BCUT2D eigenvalue weighted by Crippen LogP contribution is 2.18. The lowest BCUT2D eigenvalue weighted by molar-refractivity contribution is 0.271. The second kappa shape index (κ2) is 3.36. The normalized spacial score (nSPS) is 10.9. The van der Waals surface area contributed by atoms with Crippen molar-refractivity contribution in [2.24, 2.45) is 0 Å². The van der Waals surface area contributed by atoms with Gasteiger partial charge in [0, 0.05) is 10.4 Å². The van der Waals surface area contributed by atoms with E-state index in [9.17, 15) is 0 Å². The summed E-state index contributed by atoms with van der Waals surface area (Å²) >= 11 is 5.82. The van der Waals surface area contributed by atoms with Gasteiger partial charge in [-0.3, -0.25) is 4.68 Å². The number of benzene rings is 1. The molecule has 0 aliphatic heterocycles. The van der Waals surface area contributed by atoms with E-state index in [1.54, 1.807) is 10.9 Å². The van der Waals surface area contributed by atoms with Gasteiger partial charge < -0.3 is 5.11 Å². The van der Waals surface area contributed by atoms with Crippen molar-refractivity contribution in [1.82, 2.24) is 9.78 Å². The molecule has 0 saturated carbocycles. The zero-order valence-electron chi connectivity index (χ0n) is 6.94. The van der Waals surface area contributed by atoms with Gasteiger partial charge in [0.15, 0.2) is 0 Å². The van der Waals surface area contributed by atoms with Gasteiger partial charge in [-0.25, -0.2) is 0 Å². The Morgan fingerprint density at radius 3 is 3.08 bits per heavy atom. The van der Waals surface area contributed by atoms with Gasteiger partial charge in [0.25, 0.3) is 0 Å². The van der Waals surface area contributed by atoms with E-state index in [1.165, 1.54) is 0 Å². The Kier molecular flexibility index (Phi) is 2.20. The molecule has 0 bridgehead atoms. The van der Waals surface area contributed by atoms with Crippen molar-refractivity contribution >= 4 is 22.5 Å². The van der Waals surface area contributed by atoms with E-state index >= 15 is 0 Å². The minimum atomic E-state index is 0.0966. The van der Waals surface area contributed by atoms with Gasteiger partial charge in [0.05, 0.1) is 24.9 Å². The molecule has 1 aromatic heterocycles. The summed E-state index contributed by atoms with van der Waals surface area (Å²) in [6, 6.07) is 5.58. The summed E-state index contributed by atoms with van der Waals surface area (Å²) in [5.74, 6) is 0. The Balaban J connectivity index is 2.55. The first-order valence-electron chi connectivity index (χ1n) is 4.03. The summed E-state index contributed by atoms with van der Waals surface area (Å²) in [4.78, 5) is 0. The van der Waals surface area contributed by atoms with Crippen LogP contribution in [0.5, 0.6) is 0 Å². The fraction of sp³-hybridized carbons (Fsp3) is 0.222. The van der Waals surface area contributed by atoms with E-state index in [4.69, 9.17) is 16.7 Å². The van der Waals surface area contributed by atoms with E-state index in [-0.39, 0.29) is 6.61 Å². The highest BCUT2D eigenvalue weighted by atomic mass is 35.5. The quantitative estimate of drug-likeness (QED) is 0.794. The first-order chi connectivity index (χ1) is 6.31. The lowest BCUT2D eigenvalue weighted by atomic mass is 10.2. The van der Waals surface area contributed by atoms with Crippen LogP contribution in [0.4, 0.5) is 0 Å². The molecule has 0 atom stereocenters. The van der Waals surface area contributed by atoms with Gasteiger partial charge in [-0.2, -0.15) is 5.10 Å². The third-order valence-electron chi connectivity index (χ3n) is 1.92. The van der Waals surface area contributed by atoms with Gasteiger partial charge >= 0.3 is 0 Å². The Hall–Kier alpha value is -1.06. The smallest absolute Gasteiger partial charge is 0.0684 e. The van der Waals surface area contributed by atoms with Gasteiger partial charge in [0.2, 0.25) is 0 Å². The summed E-state index contributed by atoms with van der Waals surface area (Å²) < 4.78 is 1.76. The minimum Gasteiger partial charge on any atom is -0.394 e. The zero-order chi connectivity index (χ0) is 9.26. The van der Waals surface area contributed by atoms with E-state index in [2.05, 4.69) is 5.10 Å². The van der Waals surface area contributed by atoms with Crippen molar-refractivity contribution in [3.8, 4) is 0 Å². The van der Waals surface area contributed by atoms with Gasteiger partial charge in [0.1, 0.15) is 0 Å². The molecule has 0 saturated heterocycles. The molecular formula is C9H9ClN2O. The maximum absolute atomic E-state index is 8.77. The van der Waals surface area contributed by atoms with E-state index < -0.39 is 0 Å². The number of hydrogen-bond donors (Lipinski definition) is 1. The molecule has 2 rings (SSSR count). The second-order valence-electron chi connectivity index (χ2n) is 2.79. The maximum atomic E-state index is 8.77. The molecule has 13 heavy (non-hydrogen) atoms. The molecule has 0 aliphatic carbocycles. The number of rotatable bonds is 2. The fourth-order valence-corrected chi connectivity index (χ4v) is 1.51. The molecule has 4 heteroatoms. The van der Waals surface area contributed by atoms with Crippen LogP contribution in [0.1, 0.15) is 0 Å². The van der Waals surface area contributed by atoms with Crippen LogP contribution in [0.15, 0.2) is 24.4 Å². The lowest BCUT2D eigenvalue weighted by Gasteiger charge is -1.99. The van der Waals surface area contributed by atoms with Crippen LogP contribution in [0.25, 0.3) is 10.9 Å². The lowest BCUT2D eigenvalue weighted by Crippen LogP contribution is -2.02. The van der Waals surface area contributed by atoms with Crippen molar-refractivity contribution in [3.05, 3.63) is 29.4 Å². The standard InChI is InChI=1S/C9H9ClN2O/c10-8-1-2-9-7(5-8)6-11-12(9)3-4-13/h1-2,5-6,13H,3-4H2. The number of aromatic nitrogens is 2. The third kappa shape index (κ3) is 1.53.